The van der Waals surface area contributed by atoms with Gasteiger partial charge in [0.05, 0.1) is 9.77 Å². The molecule has 1 amide bonds. The molecule has 1 saturated carbocycles. The third-order valence-electron chi connectivity index (χ3n) is 3.05. The number of nitrogens with one attached hydrogen (secondary N) is 1. The summed E-state index contributed by atoms with van der Waals surface area (Å²) in [5.74, 6) is -0.942. The van der Waals surface area contributed by atoms with Gasteiger partial charge in [-0.25, -0.2) is 13.6 Å². The van der Waals surface area contributed by atoms with Crippen LogP contribution in [-0.2, 0) is 10.0 Å². The fourth-order valence-electron chi connectivity index (χ4n) is 1.74. The average Bonchev–Trinajstić information content (AvgIpc) is 2.92. The van der Waals surface area contributed by atoms with Gasteiger partial charge in [-0.15, -0.1) is 11.3 Å². The number of sulfonamides is 1. The highest BCUT2D eigenvalue weighted by Crippen LogP contribution is 2.49. The number of halogens is 3. The summed E-state index contributed by atoms with van der Waals surface area (Å²) >= 11 is 0.790. The SMILES string of the molecule is Cc1sc(C(=O)NC2(C(F)(F)F)CC2)cc1S(N)(=O)=O. The van der Waals surface area contributed by atoms with E-state index in [1.807, 2.05) is 5.32 Å². The molecule has 112 valence electrons. The molecule has 0 radical (unpaired) electrons. The zero-order valence-corrected chi connectivity index (χ0v) is 11.9. The lowest BCUT2D eigenvalue weighted by Crippen LogP contribution is -2.47. The highest BCUT2D eigenvalue weighted by molar-refractivity contribution is 7.89. The summed E-state index contributed by atoms with van der Waals surface area (Å²) in [5.41, 5.74) is -2.18. The van der Waals surface area contributed by atoms with Crippen LogP contribution in [0.1, 0.15) is 27.4 Å². The summed E-state index contributed by atoms with van der Waals surface area (Å²) in [4.78, 5) is 11.7. The molecule has 1 aromatic heterocycles. The van der Waals surface area contributed by atoms with E-state index in [4.69, 9.17) is 5.14 Å². The van der Waals surface area contributed by atoms with E-state index in [2.05, 4.69) is 0 Å². The van der Waals surface area contributed by atoms with Gasteiger partial charge >= 0.3 is 6.18 Å². The topological polar surface area (TPSA) is 89.3 Å². The van der Waals surface area contributed by atoms with Crippen molar-refractivity contribution in [3.63, 3.8) is 0 Å². The van der Waals surface area contributed by atoms with Crippen LogP contribution in [0.3, 0.4) is 0 Å². The second-order valence-corrected chi connectivity index (χ2v) is 7.40. The van der Waals surface area contributed by atoms with E-state index >= 15 is 0 Å². The summed E-state index contributed by atoms with van der Waals surface area (Å²) in [5, 5.41) is 6.87. The van der Waals surface area contributed by atoms with Crippen LogP contribution in [0.2, 0.25) is 0 Å². The number of nitrogens with two attached hydrogens (primary N) is 1. The van der Waals surface area contributed by atoms with Crippen LogP contribution < -0.4 is 10.5 Å². The largest absolute Gasteiger partial charge is 0.411 e. The zero-order valence-electron chi connectivity index (χ0n) is 10.2. The van der Waals surface area contributed by atoms with Crippen molar-refractivity contribution < 1.29 is 26.4 Å². The number of thiophene rings is 1. The summed E-state index contributed by atoms with van der Waals surface area (Å²) in [6.07, 6.45) is -4.86. The summed E-state index contributed by atoms with van der Waals surface area (Å²) in [7, 11) is -3.99. The molecule has 1 aliphatic carbocycles. The Kier molecular flexibility index (Phi) is 3.38. The maximum Gasteiger partial charge on any atom is 0.411 e. The number of primary sulfonamides is 1. The zero-order chi connectivity index (χ0) is 15.3. The van der Waals surface area contributed by atoms with E-state index in [9.17, 15) is 26.4 Å². The Hall–Kier alpha value is -1.13. The number of aryl methyl sites for hydroxylation is 1. The highest BCUT2D eigenvalue weighted by Gasteiger charge is 2.64. The predicted octanol–water partition coefficient (Wildman–Crippen LogP) is 1.53. The number of hydrogen-bond acceptors (Lipinski definition) is 4. The molecule has 1 fully saturated rings. The molecule has 0 aromatic carbocycles. The molecular formula is C10H11F3N2O3S2. The second kappa shape index (κ2) is 4.43. The van der Waals surface area contributed by atoms with E-state index in [-0.39, 0.29) is 27.5 Å². The van der Waals surface area contributed by atoms with Crippen LogP contribution >= 0.6 is 11.3 Å². The number of amides is 1. The molecule has 1 aliphatic rings. The molecule has 0 unspecified atom stereocenters. The van der Waals surface area contributed by atoms with Crippen molar-refractivity contribution in [2.24, 2.45) is 5.14 Å². The molecule has 0 saturated heterocycles. The average molecular weight is 328 g/mol. The molecule has 0 bridgehead atoms. The minimum Gasteiger partial charge on any atom is -0.337 e. The van der Waals surface area contributed by atoms with E-state index in [0.29, 0.717) is 0 Å². The molecule has 3 N–H and O–H groups in total. The molecule has 20 heavy (non-hydrogen) atoms. The Bertz CT molecular complexity index is 660. The Balaban J connectivity index is 2.24. The van der Waals surface area contributed by atoms with Crippen molar-refractivity contribution in [1.29, 1.82) is 0 Å². The molecule has 1 heterocycles. The molecular weight excluding hydrogens is 317 g/mol. The Morgan fingerprint density at radius 1 is 1.45 bits per heavy atom. The standard InChI is InChI=1S/C10H11F3N2O3S2/c1-5-7(20(14,17)18)4-6(19-5)8(16)15-9(2-3-9)10(11,12)13/h4H,2-3H2,1H3,(H,15,16)(H2,14,17,18). The van der Waals surface area contributed by atoms with Gasteiger partial charge in [0.15, 0.2) is 0 Å². The van der Waals surface area contributed by atoms with Crippen LogP contribution in [0.4, 0.5) is 13.2 Å². The van der Waals surface area contributed by atoms with Crippen LogP contribution in [0.25, 0.3) is 0 Å². The third-order valence-corrected chi connectivity index (χ3v) is 5.26. The van der Waals surface area contributed by atoms with Crippen LogP contribution in [0.15, 0.2) is 11.0 Å². The number of alkyl halides is 3. The van der Waals surface area contributed by atoms with Crippen molar-refractivity contribution >= 4 is 27.3 Å². The van der Waals surface area contributed by atoms with Crippen LogP contribution in [0.5, 0.6) is 0 Å². The number of carbonyl (C=O) groups excluding carboxylic acids is 1. The Labute approximate surface area is 117 Å². The van der Waals surface area contributed by atoms with Gasteiger partial charge in [0, 0.05) is 4.88 Å². The van der Waals surface area contributed by atoms with Crippen molar-refractivity contribution in [3.05, 3.63) is 15.8 Å². The summed E-state index contributed by atoms with van der Waals surface area (Å²) < 4.78 is 60.6. The Morgan fingerprint density at radius 3 is 2.35 bits per heavy atom. The third kappa shape index (κ3) is 2.67. The summed E-state index contributed by atoms with van der Waals surface area (Å²) in [6.45, 7) is 1.43. The van der Waals surface area contributed by atoms with Gasteiger partial charge in [0.25, 0.3) is 5.91 Å². The maximum atomic E-state index is 12.7. The molecule has 10 heteroatoms. The fraction of sp³-hybridized carbons (Fsp3) is 0.500. The highest BCUT2D eigenvalue weighted by atomic mass is 32.2. The first-order valence-electron chi connectivity index (χ1n) is 5.49. The molecule has 1 aromatic rings. The predicted molar refractivity (Wildman–Crippen MR) is 65.9 cm³/mol. The first-order valence-corrected chi connectivity index (χ1v) is 7.85. The van der Waals surface area contributed by atoms with E-state index in [1.165, 1.54) is 6.92 Å². The van der Waals surface area contributed by atoms with Crippen LogP contribution in [0, 0.1) is 6.92 Å². The first kappa shape index (κ1) is 15.3. The lowest BCUT2D eigenvalue weighted by Gasteiger charge is -2.20. The lowest BCUT2D eigenvalue weighted by atomic mass is 10.2. The van der Waals surface area contributed by atoms with Crippen molar-refractivity contribution in [2.45, 2.75) is 36.4 Å². The normalized spacial score (nSPS) is 17.9. The smallest absolute Gasteiger partial charge is 0.337 e. The number of hydrogen-bond donors (Lipinski definition) is 2. The quantitative estimate of drug-likeness (QED) is 0.882. The molecule has 0 spiro atoms. The van der Waals surface area contributed by atoms with Gasteiger partial charge < -0.3 is 5.32 Å². The molecule has 5 nitrogen and oxygen atoms in total. The van der Waals surface area contributed by atoms with E-state index < -0.39 is 27.6 Å². The molecule has 0 atom stereocenters. The van der Waals surface area contributed by atoms with Crippen LogP contribution in [-0.4, -0.2) is 26.0 Å². The van der Waals surface area contributed by atoms with Gasteiger partial charge in [-0.1, -0.05) is 0 Å². The van der Waals surface area contributed by atoms with Gasteiger partial charge in [-0.3, -0.25) is 4.79 Å². The Morgan fingerprint density at radius 2 is 2.00 bits per heavy atom. The molecule has 2 rings (SSSR count). The molecule has 0 aliphatic heterocycles. The van der Waals surface area contributed by atoms with Gasteiger partial charge in [-0.2, -0.15) is 13.2 Å². The number of rotatable bonds is 3. The van der Waals surface area contributed by atoms with E-state index in [1.54, 1.807) is 0 Å². The van der Waals surface area contributed by atoms with Gasteiger partial charge in [0.2, 0.25) is 10.0 Å². The minimum absolute atomic E-state index is 0.109. The first-order chi connectivity index (χ1) is 8.96. The van der Waals surface area contributed by atoms with E-state index in [0.717, 1.165) is 17.4 Å². The van der Waals surface area contributed by atoms with Gasteiger partial charge in [-0.05, 0) is 25.8 Å². The fourth-order valence-corrected chi connectivity index (χ4v) is 3.78. The van der Waals surface area contributed by atoms with Crippen molar-refractivity contribution in [2.75, 3.05) is 0 Å². The maximum absolute atomic E-state index is 12.7. The monoisotopic (exact) mass is 328 g/mol. The summed E-state index contributed by atoms with van der Waals surface area (Å²) in [6, 6.07) is 0.997. The lowest BCUT2D eigenvalue weighted by molar-refractivity contribution is -0.163. The van der Waals surface area contributed by atoms with Crippen molar-refractivity contribution in [1.82, 2.24) is 5.32 Å². The minimum atomic E-state index is -4.52. The van der Waals surface area contributed by atoms with Gasteiger partial charge in [0.1, 0.15) is 5.54 Å². The second-order valence-electron chi connectivity index (χ2n) is 4.61. The number of carbonyl (C=O) groups is 1. The van der Waals surface area contributed by atoms with Crippen molar-refractivity contribution in [3.8, 4) is 0 Å².